The number of aryl methyl sites for hydroxylation is 1. The van der Waals surface area contributed by atoms with Gasteiger partial charge in [-0.1, -0.05) is 19.1 Å². The van der Waals surface area contributed by atoms with Crippen molar-refractivity contribution in [2.75, 3.05) is 5.32 Å². The van der Waals surface area contributed by atoms with E-state index in [1.165, 1.54) is 5.56 Å². The third-order valence-electron chi connectivity index (χ3n) is 3.61. The highest BCUT2D eigenvalue weighted by molar-refractivity contribution is 5.87. The predicted octanol–water partition coefficient (Wildman–Crippen LogP) is 3.33. The van der Waals surface area contributed by atoms with Gasteiger partial charge in [-0.15, -0.1) is 0 Å². The van der Waals surface area contributed by atoms with Crippen LogP contribution in [-0.2, 0) is 0 Å². The van der Waals surface area contributed by atoms with Crippen molar-refractivity contribution in [1.29, 1.82) is 0 Å². The maximum absolute atomic E-state index is 4.47. The lowest BCUT2D eigenvalue weighted by molar-refractivity contribution is 0.760. The van der Waals surface area contributed by atoms with Crippen molar-refractivity contribution in [3.8, 4) is 5.69 Å². The zero-order valence-electron chi connectivity index (χ0n) is 12.5. The van der Waals surface area contributed by atoms with Crippen molar-refractivity contribution < 1.29 is 0 Å². The fourth-order valence-electron chi connectivity index (χ4n) is 2.24. The van der Waals surface area contributed by atoms with E-state index in [0.717, 1.165) is 29.0 Å². The molecule has 0 aliphatic carbocycles. The Hall–Kier alpha value is -2.43. The third kappa shape index (κ3) is 2.59. The molecule has 0 fully saturated rings. The van der Waals surface area contributed by atoms with E-state index in [-0.39, 0.29) is 0 Å². The Labute approximate surface area is 124 Å². The van der Waals surface area contributed by atoms with E-state index < -0.39 is 0 Å². The minimum absolute atomic E-state index is 0.366. The average Bonchev–Trinajstić information content (AvgIpc) is 2.92. The van der Waals surface area contributed by atoms with Gasteiger partial charge >= 0.3 is 0 Å². The number of hydrogen-bond acceptors (Lipinski definition) is 4. The molecule has 0 aliphatic heterocycles. The van der Waals surface area contributed by atoms with E-state index in [2.05, 4.69) is 53.3 Å². The molecule has 1 aromatic carbocycles. The van der Waals surface area contributed by atoms with Crippen LogP contribution in [0.25, 0.3) is 16.7 Å². The van der Waals surface area contributed by atoms with Crippen LogP contribution < -0.4 is 5.32 Å². The Morgan fingerprint density at radius 1 is 1.29 bits per heavy atom. The molecule has 0 aliphatic rings. The highest BCUT2D eigenvalue weighted by Crippen LogP contribution is 2.22. The van der Waals surface area contributed by atoms with E-state index in [9.17, 15) is 0 Å². The Morgan fingerprint density at radius 3 is 2.90 bits per heavy atom. The summed E-state index contributed by atoms with van der Waals surface area (Å²) in [6.45, 7) is 6.35. The van der Waals surface area contributed by atoms with Gasteiger partial charge < -0.3 is 5.32 Å². The van der Waals surface area contributed by atoms with Crippen LogP contribution >= 0.6 is 0 Å². The van der Waals surface area contributed by atoms with E-state index in [1.54, 1.807) is 6.33 Å². The number of fused-ring (bicyclic) bond motifs is 1. The van der Waals surface area contributed by atoms with Crippen LogP contribution in [0.1, 0.15) is 25.8 Å². The summed E-state index contributed by atoms with van der Waals surface area (Å²) in [6, 6.07) is 8.59. The fraction of sp³-hybridized carbons (Fsp3) is 0.312. The van der Waals surface area contributed by atoms with Crippen LogP contribution in [0.3, 0.4) is 0 Å². The van der Waals surface area contributed by atoms with Gasteiger partial charge in [-0.05, 0) is 38.0 Å². The minimum Gasteiger partial charge on any atom is -0.367 e. The number of aromatic nitrogens is 4. The molecule has 3 rings (SSSR count). The molecule has 2 heterocycles. The molecular formula is C16H19N5. The Balaban J connectivity index is 2.09. The van der Waals surface area contributed by atoms with Crippen molar-refractivity contribution in [2.45, 2.75) is 33.2 Å². The number of nitrogens with zero attached hydrogens (tertiary/aromatic N) is 4. The summed E-state index contributed by atoms with van der Waals surface area (Å²) in [5.41, 5.74) is 3.03. The standard InChI is InChI=1S/C16H19N5/c1-4-12(3)20-15-14-9-19-21(16(14)18-10-17-15)13-7-5-6-11(2)8-13/h5-10,12H,4H2,1-3H3,(H,17,18,20)/t12-/m1/s1. The molecule has 2 aromatic heterocycles. The van der Waals surface area contributed by atoms with Crippen LogP contribution in [0, 0.1) is 6.92 Å². The molecule has 1 N–H and O–H groups in total. The van der Waals surface area contributed by atoms with Gasteiger partial charge in [0.2, 0.25) is 0 Å². The van der Waals surface area contributed by atoms with Gasteiger partial charge in [0.15, 0.2) is 5.65 Å². The van der Waals surface area contributed by atoms with Gasteiger partial charge in [0, 0.05) is 6.04 Å². The van der Waals surface area contributed by atoms with Crippen molar-refractivity contribution in [3.05, 3.63) is 42.4 Å². The zero-order valence-corrected chi connectivity index (χ0v) is 12.5. The van der Waals surface area contributed by atoms with E-state index in [4.69, 9.17) is 0 Å². The maximum atomic E-state index is 4.47. The van der Waals surface area contributed by atoms with Gasteiger partial charge in [0.05, 0.1) is 17.3 Å². The van der Waals surface area contributed by atoms with Crippen LogP contribution in [0.4, 0.5) is 5.82 Å². The molecule has 0 radical (unpaired) electrons. The number of nitrogens with one attached hydrogen (secondary N) is 1. The Bertz CT molecular complexity index is 762. The minimum atomic E-state index is 0.366. The molecule has 0 unspecified atom stereocenters. The lowest BCUT2D eigenvalue weighted by Crippen LogP contribution is -2.14. The van der Waals surface area contributed by atoms with E-state index in [1.807, 2.05) is 23.0 Å². The van der Waals surface area contributed by atoms with Crippen molar-refractivity contribution in [2.24, 2.45) is 0 Å². The van der Waals surface area contributed by atoms with E-state index in [0.29, 0.717) is 6.04 Å². The summed E-state index contributed by atoms with van der Waals surface area (Å²) in [5, 5.41) is 8.82. The molecule has 108 valence electrons. The predicted molar refractivity (Wildman–Crippen MR) is 84.8 cm³/mol. The molecule has 0 saturated heterocycles. The highest BCUT2D eigenvalue weighted by Gasteiger charge is 2.12. The lowest BCUT2D eigenvalue weighted by Gasteiger charge is -2.12. The summed E-state index contributed by atoms with van der Waals surface area (Å²) in [7, 11) is 0. The van der Waals surface area contributed by atoms with Gasteiger partial charge in [-0.25, -0.2) is 14.6 Å². The summed E-state index contributed by atoms with van der Waals surface area (Å²) in [5.74, 6) is 0.841. The van der Waals surface area contributed by atoms with Crippen LogP contribution in [-0.4, -0.2) is 25.8 Å². The Morgan fingerprint density at radius 2 is 2.14 bits per heavy atom. The van der Waals surface area contributed by atoms with Crippen LogP contribution in [0.15, 0.2) is 36.8 Å². The molecule has 21 heavy (non-hydrogen) atoms. The van der Waals surface area contributed by atoms with Gasteiger partial charge in [-0.2, -0.15) is 5.10 Å². The fourth-order valence-corrected chi connectivity index (χ4v) is 2.24. The topological polar surface area (TPSA) is 55.6 Å². The van der Waals surface area contributed by atoms with Crippen LogP contribution in [0.5, 0.6) is 0 Å². The smallest absolute Gasteiger partial charge is 0.168 e. The molecule has 5 nitrogen and oxygen atoms in total. The first-order valence-corrected chi connectivity index (χ1v) is 7.21. The normalized spacial score (nSPS) is 12.5. The lowest BCUT2D eigenvalue weighted by atomic mass is 10.2. The molecule has 1 atom stereocenters. The van der Waals surface area contributed by atoms with Gasteiger partial charge in [0.1, 0.15) is 12.1 Å². The van der Waals surface area contributed by atoms with Crippen molar-refractivity contribution >= 4 is 16.9 Å². The Kier molecular flexibility index (Phi) is 3.56. The first-order chi connectivity index (χ1) is 10.2. The first kappa shape index (κ1) is 13.5. The highest BCUT2D eigenvalue weighted by atomic mass is 15.3. The first-order valence-electron chi connectivity index (χ1n) is 7.21. The maximum Gasteiger partial charge on any atom is 0.168 e. The molecule has 3 aromatic rings. The van der Waals surface area contributed by atoms with Crippen molar-refractivity contribution in [3.63, 3.8) is 0 Å². The van der Waals surface area contributed by atoms with Crippen molar-refractivity contribution in [1.82, 2.24) is 19.7 Å². The summed E-state index contributed by atoms with van der Waals surface area (Å²) < 4.78 is 1.85. The number of hydrogen-bond donors (Lipinski definition) is 1. The molecule has 5 heteroatoms. The molecule has 0 spiro atoms. The second kappa shape index (κ2) is 5.52. The zero-order chi connectivity index (χ0) is 14.8. The largest absolute Gasteiger partial charge is 0.367 e. The second-order valence-corrected chi connectivity index (χ2v) is 5.31. The van der Waals surface area contributed by atoms with Gasteiger partial charge in [-0.3, -0.25) is 0 Å². The summed E-state index contributed by atoms with van der Waals surface area (Å²) >= 11 is 0. The number of anilines is 1. The average molecular weight is 281 g/mol. The third-order valence-corrected chi connectivity index (χ3v) is 3.61. The molecule has 0 bridgehead atoms. The number of rotatable bonds is 4. The van der Waals surface area contributed by atoms with E-state index >= 15 is 0 Å². The second-order valence-electron chi connectivity index (χ2n) is 5.31. The molecule has 0 saturated carbocycles. The quantitative estimate of drug-likeness (QED) is 0.797. The molecule has 0 amide bonds. The molecular weight excluding hydrogens is 262 g/mol. The summed E-state index contributed by atoms with van der Waals surface area (Å²) in [4.78, 5) is 8.73. The summed E-state index contributed by atoms with van der Waals surface area (Å²) in [6.07, 6.45) is 4.45. The SMILES string of the molecule is CC[C@@H](C)Nc1ncnc2c1cnn2-c1cccc(C)c1. The number of benzene rings is 1. The monoisotopic (exact) mass is 281 g/mol. The van der Waals surface area contributed by atoms with Crippen LogP contribution in [0.2, 0.25) is 0 Å². The van der Waals surface area contributed by atoms with Gasteiger partial charge in [0.25, 0.3) is 0 Å².